The fourth-order valence-electron chi connectivity index (χ4n) is 2.30. The first kappa shape index (κ1) is 17.1. The summed E-state index contributed by atoms with van der Waals surface area (Å²) in [5.41, 5.74) is 1.22. The first-order valence-corrected chi connectivity index (χ1v) is 8.37. The summed E-state index contributed by atoms with van der Waals surface area (Å²) < 4.78 is 0. The molecule has 4 heteroatoms. The monoisotopic (exact) mass is 337 g/mol. The molecule has 2 rings (SSSR count). The van der Waals surface area contributed by atoms with Crippen LogP contribution in [0, 0.1) is 5.92 Å². The van der Waals surface area contributed by atoms with Crippen molar-refractivity contribution in [3.8, 4) is 0 Å². The summed E-state index contributed by atoms with van der Waals surface area (Å²) in [4.78, 5) is 11.6. The number of benzene rings is 1. The van der Waals surface area contributed by atoms with Crippen LogP contribution in [-0.2, 0) is 4.79 Å². The van der Waals surface area contributed by atoms with E-state index in [0.717, 1.165) is 12.8 Å². The number of hydrogen-bond acceptors (Lipinski definition) is 1. The lowest BCUT2D eigenvalue weighted by Crippen LogP contribution is -2.30. The normalized spacial score (nSPS) is 22.2. The van der Waals surface area contributed by atoms with Gasteiger partial charge in [0, 0.05) is 12.1 Å². The fraction of sp³-hybridized carbons (Fsp3) is 0.389. The topological polar surface area (TPSA) is 29.1 Å². The van der Waals surface area contributed by atoms with Crippen molar-refractivity contribution < 1.29 is 4.79 Å². The molecule has 0 spiro atoms. The zero-order valence-corrected chi connectivity index (χ0v) is 14.4. The second-order valence-electron chi connectivity index (χ2n) is 5.74. The van der Waals surface area contributed by atoms with E-state index in [1.165, 1.54) is 5.56 Å². The molecule has 1 unspecified atom stereocenters. The molecule has 2 nitrogen and oxygen atoms in total. The number of hydrogen-bond donors (Lipinski definition) is 1. The zero-order chi connectivity index (χ0) is 16.1. The Balaban J connectivity index is 1.81. The summed E-state index contributed by atoms with van der Waals surface area (Å²) >= 11 is 12.0. The quantitative estimate of drug-likeness (QED) is 0.566. The molecule has 22 heavy (non-hydrogen) atoms. The van der Waals surface area contributed by atoms with Gasteiger partial charge in [0.15, 0.2) is 0 Å². The van der Waals surface area contributed by atoms with Gasteiger partial charge in [-0.25, -0.2) is 0 Å². The summed E-state index contributed by atoms with van der Waals surface area (Å²) in [6.45, 7) is 4.04. The highest BCUT2D eigenvalue weighted by molar-refractivity contribution is 6.42. The summed E-state index contributed by atoms with van der Waals surface area (Å²) in [5.74, 6) is 0.976. The minimum Gasteiger partial charge on any atom is -0.350 e. The summed E-state index contributed by atoms with van der Waals surface area (Å²) in [5, 5.41) is 4.09. The third kappa shape index (κ3) is 4.89. The molecular formula is C18H21Cl2NO. The average Bonchev–Trinajstić information content (AvgIpc) is 3.26. The van der Waals surface area contributed by atoms with E-state index in [2.05, 4.69) is 11.4 Å². The van der Waals surface area contributed by atoms with E-state index < -0.39 is 0 Å². The molecule has 1 fully saturated rings. The van der Waals surface area contributed by atoms with Crippen LogP contribution in [0.1, 0.15) is 38.2 Å². The van der Waals surface area contributed by atoms with Crippen molar-refractivity contribution in [2.45, 2.75) is 38.6 Å². The van der Waals surface area contributed by atoms with E-state index >= 15 is 0 Å². The summed E-state index contributed by atoms with van der Waals surface area (Å²) in [7, 11) is 0. The molecule has 1 saturated carbocycles. The first-order chi connectivity index (χ1) is 10.5. The van der Waals surface area contributed by atoms with Crippen LogP contribution in [-0.4, -0.2) is 11.9 Å². The largest absolute Gasteiger partial charge is 0.350 e. The number of carbonyl (C=O) groups excluding carboxylic acids is 1. The van der Waals surface area contributed by atoms with Crippen molar-refractivity contribution in [3.63, 3.8) is 0 Å². The highest BCUT2D eigenvalue weighted by Crippen LogP contribution is 2.49. The van der Waals surface area contributed by atoms with Crippen molar-refractivity contribution >= 4 is 29.1 Å². The number of amides is 1. The van der Waals surface area contributed by atoms with Crippen LogP contribution < -0.4 is 5.32 Å². The van der Waals surface area contributed by atoms with E-state index in [0.29, 0.717) is 21.9 Å². The van der Waals surface area contributed by atoms with E-state index in [-0.39, 0.29) is 11.9 Å². The average molecular weight is 338 g/mol. The third-order valence-corrected chi connectivity index (χ3v) is 4.67. The molecule has 118 valence electrons. The van der Waals surface area contributed by atoms with Gasteiger partial charge in [-0.05, 0) is 49.3 Å². The molecule has 0 aliphatic heterocycles. The van der Waals surface area contributed by atoms with Gasteiger partial charge in [0.1, 0.15) is 0 Å². The van der Waals surface area contributed by atoms with Crippen LogP contribution in [0.3, 0.4) is 0 Å². The maximum atomic E-state index is 11.6. The maximum Gasteiger partial charge on any atom is 0.244 e. The standard InChI is InChI=1S/C18H21Cl2NO/c1-3-12(2)21-18(22)7-5-4-6-13-10-15(13)14-8-9-16(19)17(20)11-14/h4-9,11-13,15H,3,10H2,1-2H3,(H,21,22)/t12?,13-,15-/m1/s1. The van der Waals surface area contributed by atoms with Crippen LogP contribution in [0.4, 0.5) is 0 Å². The van der Waals surface area contributed by atoms with Crippen LogP contribution in [0.25, 0.3) is 0 Å². The van der Waals surface area contributed by atoms with Gasteiger partial charge < -0.3 is 5.32 Å². The Morgan fingerprint density at radius 1 is 1.36 bits per heavy atom. The van der Waals surface area contributed by atoms with Gasteiger partial charge in [-0.15, -0.1) is 0 Å². The molecule has 1 N–H and O–H groups in total. The van der Waals surface area contributed by atoms with E-state index in [1.807, 2.05) is 38.1 Å². The molecule has 0 heterocycles. The van der Waals surface area contributed by atoms with E-state index in [4.69, 9.17) is 23.2 Å². The zero-order valence-electron chi connectivity index (χ0n) is 12.9. The number of nitrogens with one attached hydrogen (secondary N) is 1. The minimum absolute atomic E-state index is 0.0455. The van der Waals surface area contributed by atoms with E-state index in [1.54, 1.807) is 12.2 Å². The second kappa shape index (κ2) is 7.85. The molecular weight excluding hydrogens is 317 g/mol. The molecule has 0 bridgehead atoms. The molecule has 0 radical (unpaired) electrons. The molecule has 0 aromatic heterocycles. The smallest absolute Gasteiger partial charge is 0.244 e. The highest BCUT2D eigenvalue weighted by atomic mass is 35.5. The van der Waals surface area contributed by atoms with Gasteiger partial charge in [-0.2, -0.15) is 0 Å². The molecule has 3 atom stereocenters. The van der Waals surface area contributed by atoms with Crippen molar-refractivity contribution in [3.05, 3.63) is 58.1 Å². The summed E-state index contributed by atoms with van der Waals surface area (Å²) in [6, 6.07) is 6.03. The maximum absolute atomic E-state index is 11.6. The van der Waals surface area contributed by atoms with Crippen LogP contribution in [0.5, 0.6) is 0 Å². The lowest BCUT2D eigenvalue weighted by atomic mass is 10.1. The second-order valence-corrected chi connectivity index (χ2v) is 6.56. The molecule has 1 aliphatic rings. The van der Waals surface area contributed by atoms with Gasteiger partial charge in [0.2, 0.25) is 5.91 Å². The number of carbonyl (C=O) groups is 1. The van der Waals surface area contributed by atoms with Crippen molar-refractivity contribution in [2.75, 3.05) is 0 Å². The van der Waals surface area contributed by atoms with Gasteiger partial charge in [-0.3, -0.25) is 4.79 Å². The van der Waals surface area contributed by atoms with Gasteiger partial charge in [0.05, 0.1) is 10.0 Å². The van der Waals surface area contributed by atoms with Crippen molar-refractivity contribution in [2.24, 2.45) is 5.92 Å². The Bertz CT molecular complexity index is 595. The van der Waals surface area contributed by atoms with Crippen molar-refractivity contribution in [1.82, 2.24) is 5.32 Å². The number of halogens is 2. The van der Waals surface area contributed by atoms with E-state index in [9.17, 15) is 4.79 Å². The Morgan fingerprint density at radius 3 is 2.82 bits per heavy atom. The molecule has 1 aliphatic carbocycles. The van der Waals surface area contributed by atoms with Crippen LogP contribution in [0.2, 0.25) is 10.0 Å². The predicted molar refractivity (Wildman–Crippen MR) is 93.5 cm³/mol. The van der Waals surface area contributed by atoms with Gasteiger partial charge in [-0.1, -0.05) is 54.4 Å². The lowest BCUT2D eigenvalue weighted by Gasteiger charge is -2.07. The predicted octanol–water partition coefficient (Wildman–Crippen LogP) is 5.12. The first-order valence-electron chi connectivity index (χ1n) is 7.61. The Hall–Kier alpha value is -1.25. The third-order valence-electron chi connectivity index (χ3n) is 3.93. The lowest BCUT2D eigenvalue weighted by molar-refractivity contribution is -0.117. The highest BCUT2D eigenvalue weighted by Gasteiger charge is 2.36. The number of rotatable bonds is 6. The Kier molecular flexibility index (Phi) is 6.10. The molecule has 0 saturated heterocycles. The van der Waals surface area contributed by atoms with Crippen LogP contribution in [0.15, 0.2) is 42.5 Å². The minimum atomic E-state index is -0.0455. The van der Waals surface area contributed by atoms with Gasteiger partial charge in [0.25, 0.3) is 0 Å². The molecule has 1 aromatic carbocycles. The molecule has 1 aromatic rings. The SMILES string of the molecule is CCC(C)NC(=O)C=CC=C[C@@H]1C[C@H]1c1ccc(Cl)c(Cl)c1. The summed E-state index contributed by atoms with van der Waals surface area (Å²) in [6.07, 6.45) is 9.49. The fourth-order valence-corrected chi connectivity index (χ4v) is 2.60. The number of allylic oxidation sites excluding steroid dienone is 3. The Labute approximate surface area is 142 Å². The molecule has 1 amide bonds. The van der Waals surface area contributed by atoms with Gasteiger partial charge >= 0.3 is 0 Å². The Morgan fingerprint density at radius 2 is 2.14 bits per heavy atom. The van der Waals surface area contributed by atoms with Crippen LogP contribution >= 0.6 is 23.2 Å². The van der Waals surface area contributed by atoms with Crippen molar-refractivity contribution in [1.29, 1.82) is 0 Å².